The zero-order chi connectivity index (χ0) is 14.4. The quantitative estimate of drug-likeness (QED) is 0.910. The van der Waals surface area contributed by atoms with E-state index in [4.69, 9.17) is 0 Å². The first kappa shape index (κ1) is 13.2. The summed E-state index contributed by atoms with van der Waals surface area (Å²) in [6.07, 6.45) is 5.27. The Bertz CT molecular complexity index is 613. The molecule has 0 bridgehead atoms. The van der Waals surface area contributed by atoms with Crippen LogP contribution in [0.4, 0.5) is 5.13 Å². The van der Waals surface area contributed by atoms with E-state index < -0.39 is 0 Å². The number of aromatic nitrogens is 4. The van der Waals surface area contributed by atoms with Crippen LogP contribution < -0.4 is 4.90 Å². The fraction of sp³-hybridized carbons (Fsp3) is 0.643. The van der Waals surface area contributed by atoms with Gasteiger partial charge in [0.05, 0.1) is 12.1 Å². The molecular formula is C14H19N5OS. The number of fused-ring (bicyclic) bond motifs is 1. The standard InChI is InChI=1S/C14H19N5OS/c1-9-16-17-14(21-9)18-7-10-5-12(19-4-2-3-15-19)13(20)6-11(10)8-18/h2-4,10-13,20H,5-8H2,1H3/t10-,11+,12-,13-/m1/s1. The van der Waals surface area contributed by atoms with Crippen LogP contribution >= 0.6 is 11.3 Å². The number of hydrogen-bond donors (Lipinski definition) is 1. The van der Waals surface area contributed by atoms with Crippen molar-refractivity contribution in [1.82, 2.24) is 20.0 Å². The summed E-state index contributed by atoms with van der Waals surface area (Å²) >= 11 is 1.65. The Labute approximate surface area is 127 Å². The van der Waals surface area contributed by atoms with Crippen molar-refractivity contribution in [1.29, 1.82) is 0 Å². The Morgan fingerprint density at radius 3 is 2.71 bits per heavy atom. The van der Waals surface area contributed by atoms with Crippen molar-refractivity contribution in [2.75, 3.05) is 18.0 Å². The molecule has 4 rings (SSSR count). The van der Waals surface area contributed by atoms with Crippen LogP contribution in [0.5, 0.6) is 0 Å². The number of aliphatic hydroxyl groups excluding tert-OH is 1. The minimum atomic E-state index is -0.303. The van der Waals surface area contributed by atoms with Crippen LogP contribution in [0, 0.1) is 18.8 Å². The van der Waals surface area contributed by atoms with Crippen LogP contribution in [0.1, 0.15) is 23.9 Å². The van der Waals surface area contributed by atoms with Gasteiger partial charge in [-0.3, -0.25) is 4.68 Å². The highest BCUT2D eigenvalue weighted by molar-refractivity contribution is 7.15. The first-order valence-corrected chi connectivity index (χ1v) is 8.24. The summed E-state index contributed by atoms with van der Waals surface area (Å²) in [5.41, 5.74) is 0. The largest absolute Gasteiger partial charge is 0.391 e. The molecule has 4 atom stereocenters. The molecule has 0 amide bonds. The Morgan fingerprint density at radius 1 is 1.24 bits per heavy atom. The highest BCUT2D eigenvalue weighted by Gasteiger charge is 2.43. The molecule has 2 aromatic rings. The molecular weight excluding hydrogens is 286 g/mol. The van der Waals surface area contributed by atoms with Gasteiger partial charge in [-0.15, -0.1) is 10.2 Å². The first-order chi connectivity index (χ1) is 10.2. The normalized spacial score (nSPS) is 32.4. The average Bonchev–Trinajstić information content (AvgIpc) is 3.15. The van der Waals surface area contributed by atoms with Crippen LogP contribution in [0.3, 0.4) is 0 Å². The van der Waals surface area contributed by atoms with Crippen molar-refractivity contribution in [3.8, 4) is 0 Å². The lowest BCUT2D eigenvalue weighted by molar-refractivity contribution is 0.0306. The molecule has 0 radical (unpaired) electrons. The van der Waals surface area contributed by atoms with Gasteiger partial charge in [0.15, 0.2) is 0 Å². The summed E-state index contributed by atoms with van der Waals surface area (Å²) in [6.45, 7) is 3.99. The molecule has 2 aliphatic rings. The van der Waals surface area contributed by atoms with E-state index in [9.17, 15) is 5.11 Å². The molecule has 6 nitrogen and oxygen atoms in total. The highest BCUT2D eigenvalue weighted by atomic mass is 32.1. The van der Waals surface area contributed by atoms with Crippen molar-refractivity contribution in [3.05, 3.63) is 23.5 Å². The second-order valence-electron chi connectivity index (χ2n) is 6.12. The average molecular weight is 305 g/mol. The molecule has 1 saturated carbocycles. The number of anilines is 1. The third kappa shape index (κ3) is 2.34. The summed E-state index contributed by atoms with van der Waals surface area (Å²) in [6, 6.07) is 2.03. The molecule has 2 fully saturated rings. The lowest BCUT2D eigenvalue weighted by atomic mass is 9.77. The van der Waals surface area contributed by atoms with E-state index in [2.05, 4.69) is 20.2 Å². The van der Waals surface area contributed by atoms with E-state index >= 15 is 0 Å². The smallest absolute Gasteiger partial charge is 0.208 e. The second-order valence-corrected chi connectivity index (χ2v) is 7.28. The van der Waals surface area contributed by atoms with Crippen molar-refractivity contribution < 1.29 is 5.11 Å². The van der Waals surface area contributed by atoms with E-state index in [0.29, 0.717) is 11.8 Å². The van der Waals surface area contributed by atoms with Crippen LogP contribution in [-0.4, -0.2) is 44.3 Å². The summed E-state index contributed by atoms with van der Waals surface area (Å²) < 4.78 is 1.92. The van der Waals surface area contributed by atoms with Crippen molar-refractivity contribution >= 4 is 16.5 Å². The van der Waals surface area contributed by atoms with Crippen molar-refractivity contribution in [2.24, 2.45) is 11.8 Å². The van der Waals surface area contributed by atoms with Gasteiger partial charge in [-0.1, -0.05) is 11.3 Å². The maximum atomic E-state index is 10.4. The number of aliphatic hydroxyl groups is 1. The molecule has 0 spiro atoms. The topological polar surface area (TPSA) is 67.1 Å². The number of aryl methyl sites for hydroxylation is 1. The van der Waals surface area contributed by atoms with Gasteiger partial charge in [-0.05, 0) is 37.7 Å². The fourth-order valence-corrected chi connectivity index (χ4v) is 4.44. The maximum absolute atomic E-state index is 10.4. The SMILES string of the molecule is Cc1nnc(N2C[C@H]3C[C@@H](n4cccn4)[C@H](O)C[C@H]3C2)s1. The van der Waals surface area contributed by atoms with Gasteiger partial charge in [0.2, 0.25) is 5.13 Å². The van der Waals surface area contributed by atoms with E-state index in [1.165, 1.54) is 0 Å². The summed E-state index contributed by atoms with van der Waals surface area (Å²) in [5, 5.41) is 25.2. The maximum Gasteiger partial charge on any atom is 0.208 e. The van der Waals surface area contributed by atoms with Gasteiger partial charge >= 0.3 is 0 Å². The van der Waals surface area contributed by atoms with Crippen LogP contribution in [0.15, 0.2) is 18.5 Å². The van der Waals surface area contributed by atoms with Gasteiger partial charge < -0.3 is 10.0 Å². The summed E-state index contributed by atoms with van der Waals surface area (Å²) in [7, 11) is 0. The number of nitrogens with zero attached hydrogens (tertiary/aromatic N) is 5. The van der Waals surface area contributed by atoms with Crippen molar-refractivity contribution in [2.45, 2.75) is 31.9 Å². The molecule has 1 aliphatic heterocycles. The monoisotopic (exact) mass is 305 g/mol. The minimum absolute atomic E-state index is 0.109. The molecule has 21 heavy (non-hydrogen) atoms. The van der Waals surface area contributed by atoms with Gasteiger partial charge in [0.1, 0.15) is 5.01 Å². The lowest BCUT2D eigenvalue weighted by Crippen LogP contribution is -2.36. The van der Waals surface area contributed by atoms with E-state index in [-0.39, 0.29) is 12.1 Å². The fourth-order valence-electron chi connectivity index (χ4n) is 3.74. The van der Waals surface area contributed by atoms with E-state index in [1.807, 2.05) is 23.9 Å². The van der Waals surface area contributed by atoms with Gasteiger partial charge in [-0.25, -0.2) is 0 Å². The minimum Gasteiger partial charge on any atom is -0.391 e. The Morgan fingerprint density at radius 2 is 2.05 bits per heavy atom. The predicted molar refractivity (Wildman–Crippen MR) is 80.3 cm³/mol. The van der Waals surface area contributed by atoms with E-state index in [1.54, 1.807) is 17.5 Å². The van der Waals surface area contributed by atoms with Gasteiger partial charge in [0, 0.05) is 25.5 Å². The Kier molecular flexibility index (Phi) is 3.19. The van der Waals surface area contributed by atoms with Gasteiger partial charge in [-0.2, -0.15) is 5.10 Å². The Balaban J connectivity index is 1.51. The number of rotatable bonds is 2. The van der Waals surface area contributed by atoms with Crippen molar-refractivity contribution in [3.63, 3.8) is 0 Å². The molecule has 2 aromatic heterocycles. The van der Waals surface area contributed by atoms with Gasteiger partial charge in [0.25, 0.3) is 0 Å². The zero-order valence-corrected chi connectivity index (χ0v) is 12.8. The first-order valence-electron chi connectivity index (χ1n) is 7.43. The second kappa shape index (κ2) is 5.06. The van der Waals surface area contributed by atoms with Crippen LogP contribution in [0.25, 0.3) is 0 Å². The molecule has 1 aliphatic carbocycles. The molecule has 0 unspecified atom stereocenters. The molecule has 3 heterocycles. The molecule has 1 saturated heterocycles. The molecule has 0 aromatic carbocycles. The zero-order valence-electron chi connectivity index (χ0n) is 12.0. The molecule has 1 N–H and O–H groups in total. The third-order valence-corrected chi connectivity index (χ3v) is 5.66. The lowest BCUT2D eigenvalue weighted by Gasteiger charge is -2.35. The molecule has 112 valence electrons. The van der Waals surface area contributed by atoms with Crippen LogP contribution in [-0.2, 0) is 0 Å². The predicted octanol–water partition coefficient (Wildman–Crippen LogP) is 1.49. The Hall–Kier alpha value is -1.47. The van der Waals surface area contributed by atoms with Crippen LogP contribution in [0.2, 0.25) is 0 Å². The summed E-state index contributed by atoms with van der Waals surface area (Å²) in [4.78, 5) is 2.33. The van der Waals surface area contributed by atoms with E-state index in [0.717, 1.165) is 36.1 Å². The summed E-state index contributed by atoms with van der Waals surface area (Å²) in [5.74, 6) is 1.16. The third-order valence-electron chi connectivity index (χ3n) is 4.76. The molecule has 7 heteroatoms. The highest BCUT2D eigenvalue weighted by Crippen LogP contribution is 2.42. The number of hydrogen-bond acceptors (Lipinski definition) is 6.